The van der Waals surface area contributed by atoms with Crippen molar-refractivity contribution >= 4 is 17.9 Å². The maximum Gasteiger partial charge on any atom is 0.217 e. The van der Waals surface area contributed by atoms with Crippen LogP contribution in [0.1, 0.15) is 12.5 Å². The number of para-hydroxylation sites is 2. The van der Waals surface area contributed by atoms with Crippen molar-refractivity contribution in [2.75, 3.05) is 37.7 Å². The molecule has 4 rings (SSSR count). The molecule has 3 aromatic rings. The Morgan fingerprint density at radius 3 is 2.48 bits per heavy atom. The van der Waals surface area contributed by atoms with E-state index in [9.17, 15) is 0 Å². The summed E-state index contributed by atoms with van der Waals surface area (Å²) < 4.78 is 8.33. The van der Waals surface area contributed by atoms with Crippen LogP contribution in [-0.2, 0) is 6.67 Å². The zero-order chi connectivity index (χ0) is 20.2. The lowest BCUT2D eigenvalue weighted by Gasteiger charge is -2.36. The zero-order valence-electron chi connectivity index (χ0n) is 17.0. The molecule has 0 atom stereocenters. The molecule has 2 aromatic carbocycles. The molecule has 6 nitrogen and oxygen atoms in total. The number of hydrogen-bond donors (Lipinski definition) is 1. The second-order valence-electron chi connectivity index (χ2n) is 7.30. The molecule has 1 aliphatic rings. The predicted molar refractivity (Wildman–Crippen MR) is 119 cm³/mol. The molecule has 2 heterocycles. The van der Waals surface area contributed by atoms with Crippen molar-refractivity contribution in [1.29, 1.82) is 0 Å². The summed E-state index contributed by atoms with van der Waals surface area (Å²) in [6.07, 6.45) is 0. The van der Waals surface area contributed by atoms with Gasteiger partial charge < -0.3 is 9.64 Å². The van der Waals surface area contributed by atoms with Crippen molar-refractivity contribution in [2.45, 2.75) is 20.5 Å². The summed E-state index contributed by atoms with van der Waals surface area (Å²) in [7, 11) is 0. The Morgan fingerprint density at radius 1 is 1.03 bits per heavy atom. The largest absolute Gasteiger partial charge is 0.492 e. The molecule has 1 N–H and O–H groups in total. The van der Waals surface area contributed by atoms with Crippen LogP contribution in [0.25, 0.3) is 11.4 Å². The third-order valence-electron chi connectivity index (χ3n) is 5.22. The molecule has 1 saturated heterocycles. The third-order valence-corrected chi connectivity index (χ3v) is 5.54. The van der Waals surface area contributed by atoms with Gasteiger partial charge in [0.05, 0.1) is 19.0 Å². The van der Waals surface area contributed by atoms with Crippen LogP contribution in [0.4, 0.5) is 5.69 Å². The van der Waals surface area contributed by atoms with Gasteiger partial charge in [-0.1, -0.05) is 42.0 Å². The molecular formula is C22H27N5OS. The number of rotatable bonds is 6. The second kappa shape index (κ2) is 8.80. The monoisotopic (exact) mass is 409 g/mol. The third kappa shape index (κ3) is 4.52. The van der Waals surface area contributed by atoms with E-state index in [1.807, 2.05) is 23.7 Å². The van der Waals surface area contributed by atoms with Crippen LogP contribution < -0.4 is 9.64 Å². The van der Waals surface area contributed by atoms with Gasteiger partial charge in [0.15, 0.2) is 5.82 Å². The highest BCUT2D eigenvalue weighted by Crippen LogP contribution is 2.28. The van der Waals surface area contributed by atoms with Gasteiger partial charge in [-0.15, -0.1) is 0 Å². The van der Waals surface area contributed by atoms with Crippen molar-refractivity contribution in [3.05, 3.63) is 58.9 Å². The topological polar surface area (TPSA) is 49.3 Å². The molecule has 1 fully saturated rings. The van der Waals surface area contributed by atoms with E-state index in [0.29, 0.717) is 11.4 Å². The minimum absolute atomic E-state index is 0.588. The van der Waals surface area contributed by atoms with Gasteiger partial charge in [0.2, 0.25) is 4.77 Å². The Kier molecular flexibility index (Phi) is 5.97. The summed E-state index contributed by atoms with van der Waals surface area (Å²) in [6, 6.07) is 16.6. The Balaban J connectivity index is 1.40. The number of nitrogens with zero attached hydrogens (tertiary/aromatic N) is 4. The van der Waals surface area contributed by atoms with Gasteiger partial charge in [0.25, 0.3) is 0 Å². The first-order valence-electron chi connectivity index (χ1n) is 10.1. The minimum atomic E-state index is 0.588. The quantitative estimate of drug-likeness (QED) is 0.622. The normalized spacial score (nSPS) is 14.9. The van der Waals surface area contributed by atoms with E-state index < -0.39 is 0 Å². The summed E-state index contributed by atoms with van der Waals surface area (Å²) >= 11 is 5.48. The van der Waals surface area contributed by atoms with E-state index in [4.69, 9.17) is 17.0 Å². The maximum absolute atomic E-state index is 5.79. The molecular weight excluding hydrogens is 382 g/mol. The second-order valence-corrected chi connectivity index (χ2v) is 7.66. The molecule has 7 heteroatoms. The van der Waals surface area contributed by atoms with Crippen LogP contribution in [0.2, 0.25) is 0 Å². The molecule has 1 aliphatic heterocycles. The number of aryl methyl sites for hydroxylation is 1. The van der Waals surface area contributed by atoms with Crippen LogP contribution in [-0.4, -0.2) is 52.5 Å². The number of nitrogens with one attached hydrogen (secondary N) is 1. The van der Waals surface area contributed by atoms with Crippen LogP contribution in [0.5, 0.6) is 5.75 Å². The fraction of sp³-hybridized carbons (Fsp3) is 0.364. The summed E-state index contributed by atoms with van der Waals surface area (Å²) in [5, 5.41) is 3.36. The highest BCUT2D eigenvalue weighted by Gasteiger charge is 2.20. The first kappa shape index (κ1) is 19.7. The van der Waals surface area contributed by atoms with E-state index in [1.54, 1.807) is 0 Å². The van der Waals surface area contributed by atoms with E-state index >= 15 is 0 Å². The number of aromatic amines is 1. The lowest BCUT2D eigenvalue weighted by molar-refractivity contribution is 0.194. The first-order chi connectivity index (χ1) is 14.1. The summed E-state index contributed by atoms with van der Waals surface area (Å²) in [4.78, 5) is 9.33. The van der Waals surface area contributed by atoms with Gasteiger partial charge in [-0.25, -0.2) is 4.68 Å². The highest BCUT2D eigenvalue weighted by atomic mass is 32.1. The van der Waals surface area contributed by atoms with Crippen molar-refractivity contribution in [1.82, 2.24) is 19.7 Å². The van der Waals surface area contributed by atoms with Gasteiger partial charge in [-0.05, 0) is 38.2 Å². The van der Waals surface area contributed by atoms with Gasteiger partial charge >= 0.3 is 0 Å². The summed E-state index contributed by atoms with van der Waals surface area (Å²) in [5.74, 6) is 1.78. The van der Waals surface area contributed by atoms with Crippen LogP contribution in [0, 0.1) is 11.7 Å². The van der Waals surface area contributed by atoms with Crippen molar-refractivity contribution in [2.24, 2.45) is 0 Å². The SMILES string of the molecule is CCOc1ccccc1N1CCN(Cn2[nH]c(-c3ccc(C)cc3)nc2=S)CC1. The minimum Gasteiger partial charge on any atom is -0.492 e. The maximum atomic E-state index is 5.79. The highest BCUT2D eigenvalue weighted by molar-refractivity contribution is 7.71. The fourth-order valence-electron chi connectivity index (χ4n) is 3.62. The number of aromatic nitrogens is 3. The zero-order valence-corrected chi connectivity index (χ0v) is 17.8. The van der Waals surface area contributed by atoms with Crippen molar-refractivity contribution < 1.29 is 4.74 Å². The molecule has 152 valence electrons. The van der Waals surface area contributed by atoms with Gasteiger partial charge in [0.1, 0.15) is 5.75 Å². The van der Waals surface area contributed by atoms with E-state index in [0.717, 1.165) is 50.0 Å². The summed E-state index contributed by atoms with van der Waals surface area (Å²) in [6.45, 7) is 9.33. The molecule has 0 radical (unpaired) electrons. The lowest BCUT2D eigenvalue weighted by Crippen LogP contribution is -2.47. The number of anilines is 1. The molecule has 0 amide bonds. The Bertz CT molecular complexity index is 1000. The van der Waals surface area contributed by atoms with E-state index in [1.165, 1.54) is 11.3 Å². The predicted octanol–water partition coefficient (Wildman–Crippen LogP) is 4.09. The molecule has 29 heavy (non-hydrogen) atoms. The molecule has 0 spiro atoms. The number of benzene rings is 2. The standard InChI is InChI=1S/C22H27N5OS/c1-3-28-20-7-5-4-6-19(20)26-14-12-25(13-15-26)16-27-22(29)23-21(24-27)18-10-8-17(2)9-11-18/h4-11H,3,12-16H2,1-2H3,(H,23,24,29). The van der Waals surface area contributed by atoms with E-state index in [2.05, 4.69) is 63.2 Å². The molecule has 0 unspecified atom stereocenters. The molecule has 0 aliphatic carbocycles. The number of H-pyrrole nitrogens is 1. The summed E-state index contributed by atoms with van der Waals surface area (Å²) in [5.41, 5.74) is 3.46. The number of ether oxygens (including phenoxy) is 1. The average molecular weight is 410 g/mol. The number of piperazine rings is 1. The molecule has 1 aromatic heterocycles. The van der Waals surface area contributed by atoms with Gasteiger partial charge in [0, 0.05) is 31.7 Å². The van der Waals surface area contributed by atoms with Gasteiger partial charge in [-0.3, -0.25) is 10.00 Å². The Morgan fingerprint density at radius 2 is 1.76 bits per heavy atom. The molecule has 0 saturated carbocycles. The Hall–Kier alpha value is -2.64. The van der Waals surface area contributed by atoms with Gasteiger partial charge in [-0.2, -0.15) is 4.98 Å². The van der Waals surface area contributed by atoms with E-state index in [-0.39, 0.29) is 0 Å². The van der Waals surface area contributed by atoms with Crippen LogP contribution in [0.3, 0.4) is 0 Å². The smallest absolute Gasteiger partial charge is 0.217 e. The lowest BCUT2D eigenvalue weighted by atomic mass is 10.1. The Labute approximate surface area is 176 Å². The number of hydrogen-bond acceptors (Lipinski definition) is 5. The molecule has 0 bridgehead atoms. The van der Waals surface area contributed by atoms with Crippen LogP contribution in [0.15, 0.2) is 48.5 Å². The van der Waals surface area contributed by atoms with Crippen molar-refractivity contribution in [3.63, 3.8) is 0 Å². The van der Waals surface area contributed by atoms with Crippen molar-refractivity contribution in [3.8, 4) is 17.1 Å². The fourth-order valence-corrected chi connectivity index (χ4v) is 3.81. The first-order valence-corrected chi connectivity index (χ1v) is 10.5. The average Bonchev–Trinajstić information content (AvgIpc) is 3.10. The van der Waals surface area contributed by atoms with Crippen LogP contribution >= 0.6 is 12.2 Å².